The van der Waals surface area contributed by atoms with Crippen molar-refractivity contribution in [2.24, 2.45) is 17.3 Å². The monoisotopic (exact) mass is 2720 g/mol. The first-order chi connectivity index (χ1) is 57.2. The summed E-state index contributed by atoms with van der Waals surface area (Å²) in [6.45, 7) is 34.6. The fraction of sp³-hybridized carbons (Fsp3) is 0.653. The van der Waals surface area contributed by atoms with Crippen LogP contribution in [0.15, 0.2) is 135 Å². The third-order valence-electron chi connectivity index (χ3n) is 21.8. The molecule has 0 aliphatic carbocycles. The molecule has 0 N–H and O–H groups in total. The molecule has 0 radical (unpaired) electrons. The predicted octanol–water partition coefficient (Wildman–Crippen LogP) is 29.1. The Balaban J connectivity index is -0.000000659. The summed E-state index contributed by atoms with van der Waals surface area (Å²) in [5.74, 6) is 1.18. The predicted molar refractivity (Wildman–Crippen MR) is 532 cm³/mol. The van der Waals surface area contributed by atoms with Gasteiger partial charge in [0.2, 0.25) is 0 Å². The van der Waals surface area contributed by atoms with Crippen LogP contribution in [0.5, 0.6) is 5.75 Å². The van der Waals surface area contributed by atoms with Crippen molar-refractivity contribution in [2.75, 3.05) is 35.5 Å². The van der Waals surface area contributed by atoms with Gasteiger partial charge in [-0.1, -0.05) is 0 Å². The summed E-state index contributed by atoms with van der Waals surface area (Å²) < 4.78 is 130. The van der Waals surface area contributed by atoms with E-state index in [2.05, 4.69) is 252 Å². The van der Waals surface area contributed by atoms with Crippen molar-refractivity contribution in [3.8, 4) is 17.9 Å². The van der Waals surface area contributed by atoms with Gasteiger partial charge in [-0.05, 0) is 0 Å². The van der Waals surface area contributed by atoms with Crippen molar-refractivity contribution < 1.29 is 68.4 Å². The Bertz CT molecular complexity index is 3470. The quantitative estimate of drug-likeness (QED) is 0.0234. The van der Waals surface area contributed by atoms with Crippen LogP contribution < -0.4 is 6.65 Å². The van der Waals surface area contributed by atoms with E-state index >= 15 is 0 Å². The third-order valence-corrected chi connectivity index (χ3v) is 89.1. The van der Waals surface area contributed by atoms with Gasteiger partial charge in [0.15, 0.2) is 0 Å². The molecule has 4 unspecified atom stereocenters. The molecule has 0 bridgehead atoms. The van der Waals surface area contributed by atoms with E-state index in [1.54, 1.807) is 24.5 Å². The molecule has 29 heteroatoms. The second kappa shape index (κ2) is 67.3. The van der Waals surface area contributed by atoms with E-state index in [0.29, 0.717) is 20.7 Å². The van der Waals surface area contributed by atoms with Gasteiger partial charge in [-0.25, -0.2) is 0 Å². The number of hydrogen-bond acceptors (Lipinski definition) is 14. The first-order valence-corrected chi connectivity index (χ1v) is 121. The zero-order valence-corrected chi connectivity index (χ0v) is 109. The van der Waals surface area contributed by atoms with Gasteiger partial charge in [0.25, 0.3) is 0 Å². The summed E-state index contributed by atoms with van der Waals surface area (Å²) in [6, 6.07) is 43.5. The van der Waals surface area contributed by atoms with Crippen molar-refractivity contribution in [1.29, 1.82) is 10.5 Å². The van der Waals surface area contributed by atoms with Crippen molar-refractivity contribution >= 4 is 191 Å². The second-order valence-electron chi connectivity index (χ2n) is 37.6. The number of unbranched alkanes of at least 4 members (excludes halogenated alkanes) is 4. The van der Waals surface area contributed by atoms with Crippen LogP contribution in [-0.2, 0) is 47.8 Å². The van der Waals surface area contributed by atoms with E-state index in [9.17, 15) is 40.7 Å². The summed E-state index contributed by atoms with van der Waals surface area (Å²) in [5.41, 5.74) is 5.42. The van der Waals surface area contributed by atoms with Gasteiger partial charge < -0.3 is 0 Å². The molecule has 1 aliphatic heterocycles. The first-order valence-electron chi connectivity index (χ1n) is 44.8. The van der Waals surface area contributed by atoms with Crippen LogP contribution in [0, 0.1) is 39.9 Å². The van der Waals surface area contributed by atoms with Crippen molar-refractivity contribution in [3.63, 3.8) is 0 Å². The summed E-state index contributed by atoms with van der Waals surface area (Å²) in [7, 11) is 8.16. The number of halogens is 6. The van der Waals surface area contributed by atoms with Gasteiger partial charge in [-0.2, -0.15) is 0 Å². The normalized spacial score (nSPS) is 14.7. The van der Waals surface area contributed by atoms with Gasteiger partial charge in [0.05, 0.1) is 0 Å². The number of carbonyl (C=O) groups excluding carboxylic acids is 3. The molecule has 5 rings (SSSR count). The molecule has 124 heavy (non-hydrogen) atoms. The average Bonchev–Trinajstić information content (AvgIpc) is 1.68. The van der Waals surface area contributed by atoms with E-state index in [1.165, 1.54) is 69.7 Å². The summed E-state index contributed by atoms with van der Waals surface area (Å²) >= 11 is -23.7. The van der Waals surface area contributed by atoms with E-state index in [0.717, 1.165) is 76.5 Å². The standard InChI is InChI=1S/C10H14O.C10H13.2C7H7.C6H10O4.C6H12O2.4C4H9.2C3H5.2C2H2F3.2C2H2N.5CH3O.14CH3.9Sn/c1-3-8(2)9-4-6-10(11)7-5-9;1-3-9(2)10-7-5-4-6-8-10;2*1-7-5-3-2-4-6-7;1-3(5(7)8)4(2)6(9)10;1-4-6(2,3)5(7)8;4*1-3-4-2;2*1-3-2;2*1-2(3,4)5;2*1-2-3;5*1-2;;;;;;;;;;;;;;;;;;;;;;;/h4-8,11H,3H2,1-2H3;5-9H,3H2,1-2H3;2*2-6H,1H2;3-4H,1-2H3,(H,7,8)(H,9,10);4H2,1-3H3,(H,7,8);4*1,3-4H2,2H3;2*3H,1-2H2;2*1H2;2*1H2;5*1H3;14*1H3;;;;;;;;;/q;;;;;;;;;;;;;;;;5*-1;;;;;;;;;;;;;;;;7*+1;+2/p-4. The number of rotatable bonds is 39. The number of nitriles is 2. The first kappa shape index (κ1) is 130. The molecule has 4 aromatic rings. The van der Waals surface area contributed by atoms with Crippen LogP contribution in [0.25, 0.3) is 0 Å². The second-order valence-corrected chi connectivity index (χ2v) is 145. The molecule has 0 spiro atoms. The van der Waals surface area contributed by atoms with Crippen LogP contribution in [-0.4, -0.2) is 235 Å². The van der Waals surface area contributed by atoms with Crippen molar-refractivity contribution in [3.05, 3.63) is 157 Å². The van der Waals surface area contributed by atoms with Crippen LogP contribution in [0.4, 0.5) is 26.3 Å². The zero-order chi connectivity index (χ0) is 96.7. The Morgan fingerprint density at radius 1 is 0.492 bits per heavy atom. The van der Waals surface area contributed by atoms with E-state index in [1.807, 2.05) is 59.2 Å². The van der Waals surface area contributed by atoms with Crippen molar-refractivity contribution in [1.82, 2.24) is 0 Å². The van der Waals surface area contributed by atoms with Gasteiger partial charge in [-0.3, -0.25) is 0 Å². The molecule has 14 nitrogen and oxygen atoms in total. The maximum absolute atomic E-state index is 12.1. The topological polar surface area (TPSA) is 182 Å². The van der Waals surface area contributed by atoms with E-state index < -0.39 is 190 Å². The van der Waals surface area contributed by atoms with E-state index in [4.69, 9.17) is 35.1 Å². The zero-order valence-electron chi connectivity index (χ0n) is 83.1. The number of alkyl halides is 6. The van der Waals surface area contributed by atoms with Crippen LogP contribution in [0.1, 0.15) is 195 Å². The minimum atomic E-state index is -4.58. The summed E-state index contributed by atoms with van der Waals surface area (Å²) in [4.78, 5) is 66.3. The molecular formula is C95H170F6N2O12Sn9. The fourth-order valence-electron chi connectivity index (χ4n) is 11.9. The van der Waals surface area contributed by atoms with Crippen molar-refractivity contribution in [2.45, 2.75) is 307 Å². The van der Waals surface area contributed by atoms with E-state index in [-0.39, 0.29) is 35.2 Å². The minimum absolute atomic E-state index is 0.0201. The molecule has 1 fully saturated rings. The Morgan fingerprint density at radius 2 is 0.831 bits per heavy atom. The Morgan fingerprint density at radius 3 is 1.10 bits per heavy atom. The van der Waals surface area contributed by atoms with Crippen LogP contribution in [0.2, 0.25) is 114 Å². The van der Waals surface area contributed by atoms with Crippen LogP contribution in [0.3, 0.4) is 0 Å². The number of hydrogen-bond donors (Lipinski definition) is 0. The number of nitrogens with zero attached hydrogens (tertiary/aromatic N) is 2. The fourth-order valence-corrected chi connectivity index (χ4v) is 59.9. The molecule has 1 heterocycles. The molecule has 0 amide bonds. The van der Waals surface area contributed by atoms with Gasteiger partial charge >= 0.3 is 804 Å². The Kier molecular flexibility index (Phi) is 70.8. The third kappa shape index (κ3) is 63.4. The molecule has 1 aliphatic rings. The average molecular weight is 2710 g/mol. The number of carbonyl (C=O) groups is 3. The molecular weight excluding hydrogens is 2540 g/mol. The molecule has 0 aromatic heterocycles. The number of benzene rings is 4. The maximum atomic E-state index is 12.1. The van der Waals surface area contributed by atoms with Gasteiger partial charge in [0.1, 0.15) is 0 Å². The molecule has 0 saturated carbocycles. The summed E-state index contributed by atoms with van der Waals surface area (Å²) in [6.07, 6.45) is 7.45. The molecule has 710 valence electrons. The number of allylic oxidation sites excluding steroid dienone is 2. The molecule has 4 aromatic carbocycles. The molecule has 4 atom stereocenters. The molecule has 1 saturated heterocycles. The van der Waals surface area contributed by atoms with Gasteiger partial charge in [-0.15, -0.1) is 0 Å². The Labute approximate surface area is 793 Å². The van der Waals surface area contributed by atoms with Gasteiger partial charge in [0, 0.05) is 0 Å². The van der Waals surface area contributed by atoms with Crippen LogP contribution >= 0.6 is 0 Å². The Hall–Kier alpha value is 0.118. The SMILES string of the molecule is C=C[CH2][Sn]([CH3])([CH2]C=C)[O]C.CCC(C)(C)C(=O)[O][Sn]([CH3])([CH3])[CH3].CCC(C)c1cc[c]([Sn]([CH3])([CH3])[CH3])cc1.CCC(C)c1ccc([O][Sn]([CH3])([CH3])[CH3])cc1.CCC[CH2][Sn]([CH3])([CH2]CCC)[O]C.CCC[CH2][Sn]1([CH2]CCC)[O]C(=O)C(C)C(C)C(=O)[O]1.C[O][Sn]([CH3])([CH2]C#N)[CH2]C#N.C[O][Sn]([CH3])([CH2]C(F)(F)F)[CH2]C(F)(F)F.C[O][Sn]([CH3])([CH2]c1ccccc1)[CH2]c1ccccc1. The summed E-state index contributed by atoms with van der Waals surface area (Å²) in [5, 5.41) is 16.7.